The number of rotatable bonds is 5. The third-order valence-corrected chi connectivity index (χ3v) is 3.23. The maximum atomic E-state index is 13.7. The number of nitrogens with zero attached hydrogens (tertiary/aromatic N) is 4. The van der Waals surface area contributed by atoms with Crippen LogP contribution in [0.4, 0.5) is 10.1 Å². The van der Waals surface area contributed by atoms with Gasteiger partial charge in [0.25, 0.3) is 0 Å². The fourth-order valence-electron chi connectivity index (χ4n) is 2.13. The smallest absolute Gasteiger partial charge is 0.248 e. The SMILES string of the molecule is COc1ccccc1NC(=O)Cn1nnc(-c2ccccc2F)n1. The van der Waals surface area contributed by atoms with Gasteiger partial charge in [-0.3, -0.25) is 4.79 Å². The number of anilines is 1. The van der Waals surface area contributed by atoms with Crippen LogP contribution in [0.25, 0.3) is 11.4 Å². The summed E-state index contributed by atoms with van der Waals surface area (Å²) in [5.41, 5.74) is 0.772. The quantitative estimate of drug-likeness (QED) is 0.776. The molecule has 1 heterocycles. The van der Waals surface area contributed by atoms with Gasteiger partial charge >= 0.3 is 0 Å². The van der Waals surface area contributed by atoms with Gasteiger partial charge in [-0.2, -0.15) is 4.80 Å². The van der Waals surface area contributed by atoms with Crippen LogP contribution in [-0.4, -0.2) is 33.2 Å². The number of methoxy groups -OCH3 is 1. The Kier molecular flexibility index (Phi) is 4.46. The van der Waals surface area contributed by atoms with E-state index in [0.29, 0.717) is 11.4 Å². The molecule has 24 heavy (non-hydrogen) atoms. The monoisotopic (exact) mass is 327 g/mol. The molecule has 0 spiro atoms. The van der Waals surface area contributed by atoms with Crippen molar-refractivity contribution >= 4 is 11.6 Å². The Morgan fingerprint density at radius 3 is 2.75 bits per heavy atom. The summed E-state index contributed by atoms with van der Waals surface area (Å²) in [6, 6.07) is 13.1. The topological polar surface area (TPSA) is 81.9 Å². The van der Waals surface area contributed by atoms with Crippen LogP contribution in [0.1, 0.15) is 0 Å². The zero-order valence-corrected chi connectivity index (χ0v) is 12.8. The minimum Gasteiger partial charge on any atom is -0.495 e. The number of hydrogen-bond acceptors (Lipinski definition) is 5. The predicted octanol–water partition coefficient (Wildman–Crippen LogP) is 2.13. The number of amides is 1. The molecular formula is C16H14FN5O2. The summed E-state index contributed by atoms with van der Waals surface area (Å²) in [5, 5.41) is 14.3. The van der Waals surface area contributed by atoms with Crippen molar-refractivity contribution in [2.24, 2.45) is 0 Å². The molecule has 1 N–H and O–H groups in total. The number of aromatic nitrogens is 4. The number of para-hydroxylation sites is 2. The first-order valence-corrected chi connectivity index (χ1v) is 7.13. The van der Waals surface area contributed by atoms with Gasteiger partial charge in [-0.05, 0) is 29.5 Å². The van der Waals surface area contributed by atoms with Gasteiger partial charge in [0.1, 0.15) is 18.1 Å². The van der Waals surface area contributed by atoms with Gasteiger partial charge in [0, 0.05) is 0 Å². The van der Waals surface area contributed by atoms with E-state index in [0.717, 1.165) is 4.80 Å². The fourth-order valence-corrected chi connectivity index (χ4v) is 2.13. The average Bonchev–Trinajstić information content (AvgIpc) is 3.04. The maximum absolute atomic E-state index is 13.7. The molecule has 122 valence electrons. The Morgan fingerprint density at radius 1 is 1.21 bits per heavy atom. The summed E-state index contributed by atoms with van der Waals surface area (Å²) in [6.07, 6.45) is 0. The van der Waals surface area contributed by atoms with Gasteiger partial charge in [-0.1, -0.05) is 24.3 Å². The van der Waals surface area contributed by atoms with Crippen molar-refractivity contribution in [1.82, 2.24) is 20.2 Å². The van der Waals surface area contributed by atoms with Gasteiger partial charge in [0.15, 0.2) is 0 Å². The number of carbonyl (C=O) groups excluding carboxylic acids is 1. The highest BCUT2D eigenvalue weighted by Gasteiger charge is 2.13. The largest absolute Gasteiger partial charge is 0.495 e. The minimum absolute atomic E-state index is 0.123. The summed E-state index contributed by atoms with van der Waals surface area (Å²) in [4.78, 5) is 13.2. The van der Waals surface area contributed by atoms with Gasteiger partial charge in [0.05, 0.1) is 18.4 Å². The van der Waals surface area contributed by atoms with Crippen LogP contribution in [0, 0.1) is 5.82 Å². The van der Waals surface area contributed by atoms with E-state index in [4.69, 9.17) is 4.74 Å². The highest BCUT2D eigenvalue weighted by atomic mass is 19.1. The van der Waals surface area contributed by atoms with E-state index < -0.39 is 5.82 Å². The standard InChI is InChI=1S/C16H14FN5O2/c1-24-14-9-5-4-8-13(14)18-15(23)10-22-20-16(19-21-22)11-6-2-3-7-12(11)17/h2-9H,10H2,1H3,(H,18,23). The highest BCUT2D eigenvalue weighted by molar-refractivity contribution is 5.91. The number of hydrogen-bond donors (Lipinski definition) is 1. The molecular weight excluding hydrogens is 313 g/mol. The fraction of sp³-hybridized carbons (Fsp3) is 0.125. The first-order valence-electron chi connectivity index (χ1n) is 7.13. The zero-order valence-electron chi connectivity index (χ0n) is 12.8. The molecule has 8 heteroatoms. The van der Waals surface area contributed by atoms with Crippen molar-refractivity contribution in [1.29, 1.82) is 0 Å². The van der Waals surface area contributed by atoms with Crippen LogP contribution in [0.3, 0.4) is 0 Å². The second-order valence-electron chi connectivity index (χ2n) is 4.87. The van der Waals surface area contributed by atoms with Gasteiger partial charge < -0.3 is 10.1 Å². The highest BCUT2D eigenvalue weighted by Crippen LogP contribution is 2.23. The molecule has 1 aromatic heterocycles. The van der Waals surface area contributed by atoms with E-state index in [-0.39, 0.29) is 23.8 Å². The van der Waals surface area contributed by atoms with E-state index in [1.54, 1.807) is 42.5 Å². The molecule has 0 unspecified atom stereocenters. The molecule has 0 aliphatic rings. The van der Waals surface area contributed by atoms with Crippen LogP contribution in [0.15, 0.2) is 48.5 Å². The van der Waals surface area contributed by atoms with E-state index in [1.165, 1.54) is 13.2 Å². The molecule has 0 atom stereocenters. The lowest BCUT2D eigenvalue weighted by atomic mass is 10.2. The molecule has 0 fully saturated rings. The van der Waals surface area contributed by atoms with Crippen LogP contribution in [0.2, 0.25) is 0 Å². The summed E-state index contributed by atoms with van der Waals surface area (Å²) in [6.45, 7) is -0.153. The molecule has 1 amide bonds. The number of nitrogens with one attached hydrogen (secondary N) is 1. The van der Waals surface area contributed by atoms with Crippen LogP contribution < -0.4 is 10.1 Å². The van der Waals surface area contributed by atoms with Crippen LogP contribution in [-0.2, 0) is 11.3 Å². The molecule has 0 saturated carbocycles. The molecule has 3 rings (SSSR count). The molecule has 0 bridgehead atoms. The zero-order chi connectivity index (χ0) is 16.9. The number of tetrazole rings is 1. The Morgan fingerprint density at radius 2 is 1.96 bits per heavy atom. The first kappa shape index (κ1) is 15.6. The van der Waals surface area contributed by atoms with E-state index in [2.05, 4.69) is 20.7 Å². The number of halogens is 1. The van der Waals surface area contributed by atoms with Gasteiger partial charge in [0.2, 0.25) is 11.7 Å². The lowest BCUT2D eigenvalue weighted by Gasteiger charge is -2.09. The van der Waals surface area contributed by atoms with Crippen molar-refractivity contribution in [3.63, 3.8) is 0 Å². The Balaban J connectivity index is 1.71. The summed E-state index contributed by atoms with van der Waals surface area (Å²) >= 11 is 0. The average molecular weight is 327 g/mol. The van der Waals surface area contributed by atoms with Crippen molar-refractivity contribution in [2.45, 2.75) is 6.54 Å². The van der Waals surface area contributed by atoms with Crippen molar-refractivity contribution < 1.29 is 13.9 Å². The Labute approximate surface area is 137 Å². The lowest BCUT2D eigenvalue weighted by molar-refractivity contribution is -0.117. The summed E-state index contributed by atoms with van der Waals surface area (Å²) < 4.78 is 18.9. The first-order chi connectivity index (χ1) is 11.7. The normalized spacial score (nSPS) is 10.4. The summed E-state index contributed by atoms with van der Waals surface area (Å²) in [5.74, 6) is -0.129. The molecule has 7 nitrogen and oxygen atoms in total. The van der Waals surface area contributed by atoms with Crippen molar-refractivity contribution in [2.75, 3.05) is 12.4 Å². The Bertz CT molecular complexity index is 865. The number of benzene rings is 2. The Hall–Kier alpha value is -3.29. The minimum atomic E-state index is -0.449. The van der Waals surface area contributed by atoms with E-state index >= 15 is 0 Å². The van der Waals surface area contributed by atoms with Gasteiger partial charge in [-0.15, -0.1) is 10.2 Å². The lowest BCUT2D eigenvalue weighted by Crippen LogP contribution is -2.20. The van der Waals surface area contributed by atoms with Crippen LogP contribution in [0.5, 0.6) is 5.75 Å². The number of ether oxygens (including phenoxy) is 1. The predicted molar refractivity (Wildman–Crippen MR) is 84.8 cm³/mol. The van der Waals surface area contributed by atoms with Crippen molar-refractivity contribution in [3.05, 3.63) is 54.3 Å². The maximum Gasteiger partial charge on any atom is 0.248 e. The molecule has 0 radical (unpaired) electrons. The molecule has 0 saturated heterocycles. The number of carbonyl (C=O) groups is 1. The molecule has 2 aromatic carbocycles. The van der Waals surface area contributed by atoms with Crippen molar-refractivity contribution in [3.8, 4) is 17.1 Å². The third-order valence-electron chi connectivity index (χ3n) is 3.23. The van der Waals surface area contributed by atoms with Crippen LogP contribution >= 0.6 is 0 Å². The second-order valence-corrected chi connectivity index (χ2v) is 4.87. The summed E-state index contributed by atoms with van der Waals surface area (Å²) in [7, 11) is 1.52. The molecule has 3 aromatic rings. The second kappa shape index (κ2) is 6.86. The van der Waals surface area contributed by atoms with E-state index in [9.17, 15) is 9.18 Å². The third kappa shape index (κ3) is 3.37. The molecule has 0 aliphatic heterocycles. The van der Waals surface area contributed by atoms with Gasteiger partial charge in [-0.25, -0.2) is 4.39 Å². The molecule has 0 aliphatic carbocycles. The van der Waals surface area contributed by atoms with E-state index in [1.807, 2.05) is 0 Å².